The van der Waals surface area contributed by atoms with Crippen LogP contribution in [0.25, 0.3) is 0 Å². The Labute approximate surface area is 189 Å². The maximum absolute atomic E-state index is 13.3. The van der Waals surface area contributed by atoms with E-state index in [0.29, 0.717) is 13.0 Å². The van der Waals surface area contributed by atoms with Crippen LogP contribution < -0.4 is 10.9 Å². The molecule has 1 amide bonds. The first-order chi connectivity index (χ1) is 15.8. The highest BCUT2D eigenvalue weighted by Gasteiger charge is 2.33. The quantitative estimate of drug-likeness (QED) is 0.549. The van der Waals surface area contributed by atoms with E-state index in [1.807, 2.05) is 30.3 Å². The van der Waals surface area contributed by atoms with Crippen molar-refractivity contribution in [1.29, 1.82) is 0 Å². The standard InChI is InChI=1S/C24H25F3N4O2/c25-24(26,27)19-10-11-22(32)31(16-19)20(14-17-6-4-5-7-17)23(33)28-21-12-13-30(29-21)15-18-8-2-1-3-9-18/h1-3,8-13,16-17,20H,4-7,14-15H2,(H,28,29,33). The molecule has 1 saturated carbocycles. The molecule has 0 aliphatic heterocycles. The average molecular weight is 458 g/mol. The van der Waals surface area contributed by atoms with Crippen molar-refractivity contribution >= 4 is 11.7 Å². The predicted octanol–water partition coefficient (Wildman–Crippen LogP) is 4.87. The van der Waals surface area contributed by atoms with Gasteiger partial charge < -0.3 is 9.88 Å². The number of hydrogen-bond acceptors (Lipinski definition) is 3. The first-order valence-corrected chi connectivity index (χ1v) is 11.0. The summed E-state index contributed by atoms with van der Waals surface area (Å²) in [5, 5.41) is 7.04. The number of benzene rings is 1. The third-order valence-corrected chi connectivity index (χ3v) is 6.01. The van der Waals surface area contributed by atoms with Crippen molar-refractivity contribution in [2.75, 3.05) is 5.32 Å². The van der Waals surface area contributed by atoms with E-state index in [2.05, 4.69) is 10.4 Å². The van der Waals surface area contributed by atoms with Crippen LogP contribution in [0.3, 0.4) is 0 Å². The molecule has 1 fully saturated rings. The molecule has 2 heterocycles. The minimum absolute atomic E-state index is 0.179. The van der Waals surface area contributed by atoms with E-state index in [0.717, 1.165) is 54.1 Å². The van der Waals surface area contributed by atoms with Crippen LogP contribution >= 0.6 is 0 Å². The molecule has 1 atom stereocenters. The molecule has 6 nitrogen and oxygen atoms in total. The molecular formula is C24H25F3N4O2. The molecule has 4 rings (SSSR count). The van der Waals surface area contributed by atoms with Crippen molar-refractivity contribution in [3.63, 3.8) is 0 Å². The number of aromatic nitrogens is 3. The normalized spacial score (nSPS) is 15.5. The summed E-state index contributed by atoms with van der Waals surface area (Å²) in [6.45, 7) is 0.509. The van der Waals surface area contributed by atoms with E-state index in [-0.39, 0.29) is 11.7 Å². The number of halogens is 3. The lowest BCUT2D eigenvalue weighted by Gasteiger charge is -2.23. The molecule has 1 N–H and O–H groups in total. The SMILES string of the molecule is O=C(Nc1ccn(Cc2ccccc2)n1)C(CC1CCCC1)n1cc(C(F)(F)F)ccc1=O. The highest BCUT2D eigenvalue weighted by molar-refractivity contribution is 5.92. The van der Waals surface area contributed by atoms with Crippen molar-refractivity contribution in [3.05, 3.63) is 82.4 Å². The second kappa shape index (κ2) is 9.64. The summed E-state index contributed by atoms with van der Waals surface area (Å²) in [6, 6.07) is 11.9. The summed E-state index contributed by atoms with van der Waals surface area (Å²) in [6.07, 6.45) is 1.96. The Morgan fingerprint density at radius 2 is 1.82 bits per heavy atom. The van der Waals surface area contributed by atoms with Gasteiger partial charge in [-0.2, -0.15) is 18.3 Å². The predicted molar refractivity (Wildman–Crippen MR) is 118 cm³/mol. The lowest BCUT2D eigenvalue weighted by atomic mass is 9.97. The number of hydrogen-bond donors (Lipinski definition) is 1. The molecule has 9 heteroatoms. The topological polar surface area (TPSA) is 68.9 Å². The smallest absolute Gasteiger partial charge is 0.307 e. The minimum atomic E-state index is -4.61. The largest absolute Gasteiger partial charge is 0.417 e. The molecule has 1 aliphatic rings. The molecule has 2 aromatic heterocycles. The molecule has 33 heavy (non-hydrogen) atoms. The van der Waals surface area contributed by atoms with Crippen molar-refractivity contribution in [2.45, 2.75) is 50.9 Å². The Hall–Kier alpha value is -3.36. The van der Waals surface area contributed by atoms with Crippen molar-refractivity contribution in [3.8, 4) is 0 Å². The van der Waals surface area contributed by atoms with Gasteiger partial charge in [0.25, 0.3) is 5.56 Å². The monoisotopic (exact) mass is 458 g/mol. The number of nitrogens with one attached hydrogen (secondary N) is 1. The van der Waals surface area contributed by atoms with Crippen molar-refractivity contribution in [1.82, 2.24) is 14.3 Å². The van der Waals surface area contributed by atoms with Gasteiger partial charge in [0.2, 0.25) is 5.91 Å². The second-order valence-electron chi connectivity index (χ2n) is 8.44. The Balaban J connectivity index is 1.56. The summed E-state index contributed by atoms with van der Waals surface area (Å²) >= 11 is 0. The van der Waals surface area contributed by atoms with Gasteiger partial charge in [-0.15, -0.1) is 0 Å². The van der Waals surface area contributed by atoms with E-state index in [9.17, 15) is 22.8 Å². The lowest BCUT2D eigenvalue weighted by molar-refractivity contribution is -0.138. The average Bonchev–Trinajstić information content (AvgIpc) is 3.44. The maximum atomic E-state index is 13.3. The number of rotatable bonds is 7. The molecule has 0 radical (unpaired) electrons. The lowest BCUT2D eigenvalue weighted by Crippen LogP contribution is -2.35. The summed E-state index contributed by atoms with van der Waals surface area (Å²) in [5.74, 6) is -0.0847. The first-order valence-electron chi connectivity index (χ1n) is 11.0. The zero-order valence-corrected chi connectivity index (χ0v) is 18.0. The fourth-order valence-electron chi connectivity index (χ4n) is 4.32. The van der Waals surface area contributed by atoms with E-state index in [1.165, 1.54) is 0 Å². The number of alkyl halides is 3. The fraction of sp³-hybridized carbons (Fsp3) is 0.375. The van der Waals surface area contributed by atoms with Crippen LogP contribution in [0.1, 0.15) is 49.3 Å². The van der Waals surface area contributed by atoms with Crippen LogP contribution in [0.15, 0.2) is 65.7 Å². The van der Waals surface area contributed by atoms with Gasteiger partial charge in [-0.25, -0.2) is 0 Å². The number of carbonyl (C=O) groups is 1. The van der Waals surface area contributed by atoms with E-state index in [1.54, 1.807) is 16.9 Å². The fourth-order valence-corrected chi connectivity index (χ4v) is 4.32. The van der Waals surface area contributed by atoms with Gasteiger partial charge in [-0.1, -0.05) is 56.0 Å². The van der Waals surface area contributed by atoms with Crippen LogP contribution in [0.5, 0.6) is 0 Å². The van der Waals surface area contributed by atoms with E-state index >= 15 is 0 Å². The van der Waals surface area contributed by atoms with Gasteiger partial charge in [0.05, 0.1) is 12.1 Å². The van der Waals surface area contributed by atoms with Crippen LogP contribution in [0, 0.1) is 5.92 Å². The summed E-state index contributed by atoms with van der Waals surface area (Å²) in [5.41, 5.74) is -0.567. The Bertz CT molecular complexity index is 1150. The highest BCUT2D eigenvalue weighted by Crippen LogP contribution is 2.33. The van der Waals surface area contributed by atoms with Gasteiger partial charge in [-0.05, 0) is 24.0 Å². The molecule has 1 unspecified atom stereocenters. The highest BCUT2D eigenvalue weighted by atomic mass is 19.4. The number of carbonyl (C=O) groups excluding carboxylic acids is 1. The number of anilines is 1. The van der Waals surface area contributed by atoms with Crippen LogP contribution in [0.4, 0.5) is 19.0 Å². The molecule has 0 bridgehead atoms. The molecular weight excluding hydrogens is 433 g/mol. The zero-order chi connectivity index (χ0) is 23.4. The number of pyridine rings is 1. The van der Waals surface area contributed by atoms with Crippen molar-refractivity contribution in [2.24, 2.45) is 5.92 Å². The molecule has 3 aromatic rings. The Morgan fingerprint density at radius 3 is 2.52 bits per heavy atom. The van der Waals surface area contributed by atoms with Gasteiger partial charge >= 0.3 is 6.18 Å². The first kappa shape index (κ1) is 22.8. The van der Waals surface area contributed by atoms with Crippen LogP contribution in [0.2, 0.25) is 0 Å². The molecule has 0 spiro atoms. The molecule has 0 saturated heterocycles. The third-order valence-electron chi connectivity index (χ3n) is 6.01. The van der Waals surface area contributed by atoms with E-state index < -0.39 is 29.2 Å². The third kappa shape index (κ3) is 5.71. The van der Waals surface area contributed by atoms with Crippen LogP contribution in [-0.2, 0) is 17.5 Å². The maximum Gasteiger partial charge on any atom is 0.417 e. The van der Waals surface area contributed by atoms with E-state index in [4.69, 9.17) is 0 Å². The molecule has 1 aliphatic carbocycles. The second-order valence-corrected chi connectivity index (χ2v) is 8.44. The molecule has 1 aromatic carbocycles. The molecule has 174 valence electrons. The summed E-state index contributed by atoms with van der Waals surface area (Å²) < 4.78 is 42.4. The van der Waals surface area contributed by atoms with Gasteiger partial charge in [0, 0.05) is 24.5 Å². The Kier molecular flexibility index (Phi) is 6.67. The number of amides is 1. The van der Waals surface area contributed by atoms with Gasteiger partial charge in [-0.3, -0.25) is 14.3 Å². The van der Waals surface area contributed by atoms with Gasteiger partial charge in [0.1, 0.15) is 6.04 Å². The summed E-state index contributed by atoms with van der Waals surface area (Å²) in [7, 11) is 0. The summed E-state index contributed by atoms with van der Waals surface area (Å²) in [4.78, 5) is 25.7. The minimum Gasteiger partial charge on any atom is -0.307 e. The zero-order valence-electron chi connectivity index (χ0n) is 18.0. The van der Waals surface area contributed by atoms with Crippen molar-refractivity contribution < 1.29 is 18.0 Å². The van der Waals surface area contributed by atoms with Crippen LogP contribution in [-0.4, -0.2) is 20.3 Å². The Morgan fingerprint density at radius 1 is 1.09 bits per heavy atom. The van der Waals surface area contributed by atoms with Gasteiger partial charge in [0.15, 0.2) is 5.82 Å². The number of nitrogens with zero attached hydrogens (tertiary/aromatic N) is 3.